The third-order valence-corrected chi connectivity index (χ3v) is 7.08. The minimum absolute atomic E-state index is 0.407. The molecule has 0 unspecified atom stereocenters. The molecule has 2 aromatic heterocycles. The first-order valence-electron chi connectivity index (χ1n) is 8.41. The summed E-state index contributed by atoms with van der Waals surface area (Å²) in [5.74, 6) is 0.680. The third kappa shape index (κ3) is 3.74. The Balaban J connectivity index is 1.91. The van der Waals surface area contributed by atoms with Crippen molar-refractivity contribution >= 4 is 83.8 Å². The summed E-state index contributed by atoms with van der Waals surface area (Å²) in [6.45, 7) is 2.14. The number of hydrogen-bond acceptors (Lipinski definition) is 4. The van der Waals surface area contributed by atoms with Crippen LogP contribution >= 0.6 is 62.1 Å². The number of benzene rings is 2. The van der Waals surface area contributed by atoms with E-state index in [1.807, 2.05) is 12.1 Å². The SMILES string of the molecule is CCc1sc2ncnc(Nc3cc(Cl)c(Cl)cc3Cl)c2c1-c1ccc(Br)cc1. The molecule has 2 heterocycles. The zero-order chi connectivity index (χ0) is 19.8. The molecule has 3 nitrogen and oxygen atoms in total. The van der Waals surface area contributed by atoms with Crippen molar-refractivity contribution < 1.29 is 0 Å². The van der Waals surface area contributed by atoms with Gasteiger partial charge in [0.05, 0.1) is 26.1 Å². The number of fused-ring (bicyclic) bond motifs is 1. The van der Waals surface area contributed by atoms with Gasteiger partial charge in [-0.05, 0) is 36.2 Å². The van der Waals surface area contributed by atoms with E-state index in [1.54, 1.807) is 29.8 Å². The molecule has 1 N–H and O–H groups in total. The molecular weight excluding hydrogens is 501 g/mol. The van der Waals surface area contributed by atoms with Gasteiger partial charge in [0.1, 0.15) is 17.0 Å². The Morgan fingerprint density at radius 3 is 2.43 bits per heavy atom. The van der Waals surface area contributed by atoms with Crippen LogP contribution < -0.4 is 5.32 Å². The van der Waals surface area contributed by atoms with Crippen LogP contribution in [-0.2, 0) is 6.42 Å². The molecule has 0 radical (unpaired) electrons. The van der Waals surface area contributed by atoms with Crippen LogP contribution in [0, 0.1) is 0 Å². The summed E-state index contributed by atoms with van der Waals surface area (Å²) in [6.07, 6.45) is 2.46. The predicted octanol–water partition coefficient (Wildman–Crippen LogP) is 8.39. The van der Waals surface area contributed by atoms with Crippen LogP contribution in [0.5, 0.6) is 0 Å². The van der Waals surface area contributed by atoms with Crippen molar-refractivity contribution in [1.82, 2.24) is 9.97 Å². The highest BCUT2D eigenvalue weighted by molar-refractivity contribution is 9.10. The van der Waals surface area contributed by atoms with Crippen LogP contribution in [0.2, 0.25) is 15.1 Å². The fraction of sp³-hybridized carbons (Fsp3) is 0.100. The van der Waals surface area contributed by atoms with Gasteiger partial charge in [0.25, 0.3) is 0 Å². The van der Waals surface area contributed by atoms with E-state index in [2.05, 4.69) is 50.3 Å². The average molecular weight is 514 g/mol. The highest BCUT2D eigenvalue weighted by Crippen LogP contribution is 2.43. The van der Waals surface area contributed by atoms with E-state index < -0.39 is 0 Å². The van der Waals surface area contributed by atoms with Crippen LogP contribution in [0.25, 0.3) is 21.3 Å². The van der Waals surface area contributed by atoms with Crippen molar-refractivity contribution in [3.05, 3.63) is 67.1 Å². The number of rotatable bonds is 4. The van der Waals surface area contributed by atoms with Gasteiger partial charge in [-0.15, -0.1) is 11.3 Å². The maximum Gasteiger partial charge on any atom is 0.143 e. The van der Waals surface area contributed by atoms with Crippen molar-refractivity contribution in [3.8, 4) is 11.1 Å². The number of nitrogens with zero attached hydrogens (tertiary/aromatic N) is 2. The van der Waals surface area contributed by atoms with Gasteiger partial charge in [-0.2, -0.15) is 0 Å². The molecular formula is C20H13BrCl3N3S. The molecule has 0 aliphatic rings. The van der Waals surface area contributed by atoms with Gasteiger partial charge < -0.3 is 5.32 Å². The number of anilines is 2. The minimum Gasteiger partial charge on any atom is -0.338 e. The number of halogens is 4. The fourth-order valence-electron chi connectivity index (χ4n) is 2.99. The van der Waals surface area contributed by atoms with Gasteiger partial charge in [-0.1, -0.05) is 69.8 Å². The average Bonchev–Trinajstić information content (AvgIpc) is 3.06. The topological polar surface area (TPSA) is 37.8 Å². The van der Waals surface area contributed by atoms with Gasteiger partial charge in [-0.25, -0.2) is 9.97 Å². The lowest BCUT2D eigenvalue weighted by Gasteiger charge is -2.12. The highest BCUT2D eigenvalue weighted by atomic mass is 79.9. The van der Waals surface area contributed by atoms with Gasteiger partial charge in [0, 0.05) is 14.9 Å². The molecule has 4 rings (SSSR count). The van der Waals surface area contributed by atoms with Crippen molar-refractivity contribution in [1.29, 1.82) is 0 Å². The second kappa shape index (κ2) is 8.17. The summed E-state index contributed by atoms with van der Waals surface area (Å²) in [5.41, 5.74) is 2.89. The zero-order valence-electron chi connectivity index (χ0n) is 14.6. The van der Waals surface area contributed by atoms with E-state index in [4.69, 9.17) is 34.8 Å². The predicted molar refractivity (Wildman–Crippen MR) is 125 cm³/mol. The molecule has 0 bridgehead atoms. The molecule has 0 amide bonds. The third-order valence-electron chi connectivity index (χ3n) is 4.28. The van der Waals surface area contributed by atoms with Gasteiger partial charge >= 0.3 is 0 Å². The number of aryl methyl sites for hydroxylation is 1. The molecule has 0 saturated carbocycles. The van der Waals surface area contributed by atoms with E-state index in [0.29, 0.717) is 26.6 Å². The molecule has 0 fully saturated rings. The van der Waals surface area contributed by atoms with Gasteiger partial charge in [0.2, 0.25) is 0 Å². The van der Waals surface area contributed by atoms with Crippen LogP contribution in [0.1, 0.15) is 11.8 Å². The normalized spacial score (nSPS) is 11.2. The summed E-state index contributed by atoms with van der Waals surface area (Å²) in [5, 5.41) is 5.58. The van der Waals surface area contributed by atoms with Crippen LogP contribution in [0.4, 0.5) is 11.5 Å². The van der Waals surface area contributed by atoms with Crippen LogP contribution in [0.3, 0.4) is 0 Å². The molecule has 0 aliphatic heterocycles. The van der Waals surface area contributed by atoms with E-state index in [9.17, 15) is 0 Å². The number of nitrogens with one attached hydrogen (secondary N) is 1. The lowest BCUT2D eigenvalue weighted by atomic mass is 10.0. The summed E-state index contributed by atoms with van der Waals surface area (Å²) in [4.78, 5) is 11.1. The fourth-order valence-corrected chi connectivity index (χ4v) is 4.95. The van der Waals surface area contributed by atoms with Crippen molar-refractivity contribution in [2.45, 2.75) is 13.3 Å². The second-order valence-corrected chi connectivity index (χ2v) is 9.26. The molecule has 0 spiro atoms. The molecule has 4 aromatic rings. The standard InChI is InChI=1S/C20H13BrCl3N3S/c1-2-16-17(10-3-5-11(21)6-4-10)18-19(25-9-26-20(18)28-16)27-15-8-13(23)12(22)7-14(15)24/h3-9H,2H2,1H3,(H,25,26,27). The van der Waals surface area contributed by atoms with Gasteiger partial charge in [-0.3, -0.25) is 0 Å². The lowest BCUT2D eigenvalue weighted by molar-refractivity contribution is 1.19. The molecule has 2 aromatic carbocycles. The Labute approximate surface area is 189 Å². The van der Waals surface area contributed by atoms with Crippen molar-refractivity contribution in [2.24, 2.45) is 0 Å². The molecule has 0 aliphatic carbocycles. The molecule has 0 saturated heterocycles. The van der Waals surface area contributed by atoms with E-state index in [0.717, 1.165) is 32.2 Å². The Morgan fingerprint density at radius 1 is 1.00 bits per heavy atom. The summed E-state index contributed by atoms with van der Waals surface area (Å²) in [7, 11) is 0. The number of thiophene rings is 1. The van der Waals surface area contributed by atoms with Crippen LogP contribution in [0.15, 0.2) is 47.2 Å². The maximum atomic E-state index is 6.36. The Hall–Kier alpha value is -1.37. The largest absolute Gasteiger partial charge is 0.338 e. The van der Waals surface area contributed by atoms with E-state index in [-0.39, 0.29) is 0 Å². The van der Waals surface area contributed by atoms with Crippen molar-refractivity contribution in [2.75, 3.05) is 5.32 Å². The Bertz CT molecular complexity index is 1180. The Kier molecular flexibility index (Phi) is 5.81. The van der Waals surface area contributed by atoms with E-state index in [1.165, 1.54) is 4.88 Å². The monoisotopic (exact) mass is 511 g/mol. The first-order valence-corrected chi connectivity index (χ1v) is 11.2. The maximum absolute atomic E-state index is 6.36. The minimum atomic E-state index is 0.407. The lowest BCUT2D eigenvalue weighted by Crippen LogP contribution is -1.97. The first-order chi connectivity index (χ1) is 13.5. The van der Waals surface area contributed by atoms with Crippen LogP contribution in [-0.4, -0.2) is 9.97 Å². The van der Waals surface area contributed by atoms with E-state index >= 15 is 0 Å². The summed E-state index contributed by atoms with van der Waals surface area (Å²) in [6, 6.07) is 11.6. The first kappa shape index (κ1) is 19.9. The summed E-state index contributed by atoms with van der Waals surface area (Å²) < 4.78 is 1.03. The second-order valence-electron chi connectivity index (χ2n) is 6.03. The van der Waals surface area contributed by atoms with Gasteiger partial charge in [0.15, 0.2) is 0 Å². The molecule has 8 heteroatoms. The number of hydrogen-bond donors (Lipinski definition) is 1. The molecule has 142 valence electrons. The molecule has 28 heavy (non-hydrogen) atoms. The molecule has 0 atom stereocenters. The zero-order valence-corrected chi connectivity index (χ0v) is 19.2. The highest BCUT2D eigenvalue weighted by Gasteiger charge is 2.19. The quantitative estimate of drug-likeness (QED) is 0.279. The van der Waals surface area contributed by atoms with Crippen molar-refractivity contribution in [3.63, 3.8) is 0 Å². The smallest absolute Gasteiger partial charge is 0.143 e. The Morgan fingerprint density at radius 2 is 1.71 bits per heavy atom. The summed E-state index contributed by atoms with van der Waals surface area (Å²) >= 11 is 23.8. The number of aromatic nitrogens is 2.